The van der Waals surface area contributed by atoms with E-state index in [1.165, 1.54) is 28.0 Å². The molecular formula is C22H27N3. The van der Waals surface area contributed by atoms with Crippen molar-refractivity contribution in [1.82, 2.24) is 14.7 Å². The van der Waals surface area contributed by atoms with Crippen molar-refractivity contribution in [3.05, 3.63) is 70.8 Å². The Balaban J connectivity index is 1.89. The number of hydrogen-bond donors (Lipinski definition) is 0. The number of piperazine rings is 1. The predicted molar refractivity (Wildman–Crippen MR) is 105 cm³/mol. The standard InChI is InChI=1S/C22H27N3/c1-23(2)22-18-9-5-4-8-17(18)16-21(19-10-6-7-11-20(19)22)25-14-12-24(3)13-15-25/h4-11,16,22H,12-15H2,1-3H3. The van der Waals surface area contributed by atoms with Gasteiger partial charge < -0.3 is 9.80 Å². The maximum absolute atomic E-state index is 2.56. The van der Waals surface area contributed by atoms with E-state index in [0.29, 0.717) is 0 Å². The maximum atomic E-state index is 2.56. The Morgan fingerprint density at radius 1 is 0.840 bits per heavy atom. The molecule has 4 rings (SSSR count). The van der Waals surface area contributed by atoms with Crippen LogP contribution in [0, 0.1) is 0 Å². The van der Waals surface area contributed by atoms with Crippen molar-refractivity contribution in [2.75, 3.05) is 47.3 Å². The molecule has 0 saturated carbocycles. The monoisotopic (exact) mass is 333 g/mol. The minimum absolute atomic E-state index is 0.286. The third-order valence-corrected chi connectivity index (χ3v) is 5.47. The number of nitrogens with zero attached hydrogens (tertiary/aromatic N) is 3. The normalized spacial score (nSPS) is 20.7. The van der Waals surface area contributed by atoms with Crippen LogP contribution in [0.2, 0.25) is 0 Å². The summed E-state index contributed by atoms with van der Waals surface area (Å²) in [6, 6.07) is 18.1. The van der Waals surface area contributed by atoms with Crippen LogP contribution in [0.1, 0.15) is 28.3 Å². The molecule has 130 valence electrons. The van der Waals surface area contributed by atoms with E-state index in [1.54, 1.807) is 0 Å². The molecule has 1 aliphatic carbocycles. The van der Waals surface area contributed by atoms with Gasteiger partial charge in [0.15, 0.2) is 0 Å². The first-order valence-corrected chi connectivity index (χ1v) is 9.15. The van der Waals surface area contributed by atoms with Gasteiger partial charge in [0.2, 0.25) is 0 Å². The second-order valence-electron chi connectivity index (χ2n) is 7.40. The molecule has 1 atom stereocenters. The topological polar surface area (TPSA) is 9.72 Å². The predicted octanol–water partition coefficient (Wildman–Crippen LogP) is 3.40. The summed E-state index contributed by atoms with van der Waals surface area (Å²) in [5.41, 5.74) is 6.89. The molecule has 1 fully saturated rings. The van der Waals surface area contributed by atoms with Crippen molar-refractivity contribution in [3.63, 3.8) is 0 Å². The molecule has 0 radical (unpaired) electrons. The number of fused-ring (bicyclic) bond motifs is 2. The Kier molecular flexibility index (Phi) is 4.36. The van der Waals surface area contributed by atoms with E-state index in [2.05, 4.69) is 90.4 Å². The van der Waals surface area contributed by atoms with Crippen LogP contribution in [0.3, 0.4) is 0 Å². The molecule has 2 aliphatic rings. The zero-order chi connectivity index (χ0) is 17.4. The molecule has 0 amide bonds. The summed E-state index contributed by atoms with van der Waals surface area (Å²) in [6.45, 7) is 4.42. The van der Waals surface area contributed by atoms with Crippen molar-refractivity contribution in [2.45, 2.75) is 6.04 Å². The highest BCUT2D eigenvalue weighted by Crippen LogP contribution is 2.40. The van der Waals surface area contributed by atoms with Crippen molar-refractivity contribution in [2.24, 2.45) is 0 Å². The van der Waals surface area contributed by atoms with Crippen LogP contribution < -0.4 is 0 Å². The lowest BCUT2D eigenvalue weighted by atomic mass is 9.93. The number of likely N-dealkylation sites (N-methyl/N-ethyl adjacent to an activating group) is 1. The van der Waals surface area contributed by atoms with Gasteiger partial charge in [-0.3, -0.25) is 4.90 Å². The van der Waals surface area contributed by atoms with E-state index in [9.17, 15) is 0 Å². The minimum atomic E-state index is 0.286. The van der Waals surface area contributed by atoms with Gasteiger partial charge in [-0.25, -0.2) is 0 Å². The van der Waals surface area contributed by atoms with Crippen molar-refractivity contribution in [1.29, 1.82) is 0 Å². The fourth-order valence-electron chi connectivity index (χ4n) is 4.12. The van der Waals surface area contributed by atoms with E-state index in [1.807, 2.05) is 0 Å². The Labute approximate surface area is 151 Å². The smallest absolute Gasteiger partial charge is 0.0609 e. The molecule has 2 aromatic rings. The van der Waals surface area contributed by atoms with Gasteiger partial charge in [-0.05, 0) is 43.9 Å². The second kappa shape index (κ2) is 6.66. The summed E-state index contributed by atoms with van der Waals surface area (Å²) in [7, 11) is 6.57. The van der Waals surface area contributed by atoms with Crippen molar-refractivity contribution >= 4 is 11.8 Å². The SMILES string of the molecule is CN1CCN(C2=Cc3ccccc3C(N(C)C)c3ccccc32)CC1. The Hall–Kier alpha value is -2.10. The Morgan fingerprint density at radius 3 is 2.20 bits per heavy atom. The summed E-state index contributed by atoms with van der Waals surface area (Å²) < 4.78 is 0. The van der Waals surface area contributed by atoms with Gasteiger partial charge in [0.25, 0.3) is 0 Å². The lowest BCUT2D eigenvalue weighted by molar-refractivity contribution is 0.207. The van der Waals surface area contributed by atoms with E-state index < -0.39 is 0 Å². The largest absolute Gasteiger partial charge is 0.368 e. The lowest BCUT2D eigenvalue weighted by Gasteiger charge is -2.36. The molecule has 2 aromatic carbocycles. The first-order valence-electron chi connectivity index (χ1n) is 9.15. The lowest BCUT2D eigenvalue weighted by Crippen LogP contribution is -2.43. The summed E-state index contributed by atoms with van der Waals surface area (Å²) >= 11 is 0. The number of benzene rings is 2. The highest BCUT2D eigenvalue weighted by Gasteiger charge is 2.28. The highest BCUT2D eigenvalue weighted by molar-refractivity contribution is 5.85. The average molecular weight is 333 g/mol. The van der Waals surface area contributed by atoms with Crippen LogP contribution in [-0.4, -0.2) is 62.0 Å². The molecule has 1 aliphatic heterocycles. The minimum Gasteiger partial charge on any atom is -0.368 e. The van der Waals surface area contributed by atoms with E-state index in [0.717, 1.165) is 26.2 Å². The molecule has 25 heavy (non-hydrogen) atoms. The first kappa shape index (κ1) is 16.4. The highest BCUT2D eigenvalue weighted by atomic mass is 15.3. The van der Waals surface area contributed by atoms with Crippen molar-refractivity contribution in [3.8, 4) is 0 Å². The van der Waals surface area contributed by atoms with E-state index in [4.69, 9.17) is 0 Å². The molecule has 1 unspecified atom stereocenters. The van der Waals surface area contributed by atoms with Crippen LogP contribution in [0.25, 0.3) is 11.8 Å². The van der Waals surface area contributed by atoms with Gasteiger partial charge in [-0.15, -0.1) is 0 Å². The third-order valence-electron chi connectivity index (χ3n) is 5.47. The van der Waals surface area contributed by atoms with E-state index in [-0.39, 0.29) is 6.04 Å². The van der Waals surface area contributed by atoms with Crippen LogP contribution in [0.5, 0.6) is 0 Å². The first-order chi connectivity index (χ1) is 12.1. The maximum Gasteiger partial charge on any atom is 0.0609 e. The quantitative estimate of drug-likeness (QED) is 0.834. The fraction of sp³-hybridized carbons (Fsp3) is 0.364. The molecule has 1 heterocycles. The van der Waals surface area contributed by atoms with E-state index >= 15 is 0 Å². The molecule has 0 bridgehead atoms. The zero-order valence-corrected chi connectivity index (χ0v) is 15.4. The molecule has 0 aromatic heterocycles. The van der Waals surface area contributed by atoms with Gasteiger partial charge in [-0.1, -0.05) is 48.5 Å². The third kappa shape index (κ3) is 2.99. The van der Waals surface area contributed by atoms with Gasteiger partial charge in [0, 0.05) is 37.4 Å². The van der Waals surface area contributed by atoms with Crippen LogP contribution in [0.4, 0.5) is 0 Å². The molecule has 0 spiro atoms. The summed E-state index contributed by atoms with van der Waals surface area (Å²) in [6.07, 6.45) is 2.41. The van der Waals surface area contributed by atoms with Crippen LogP contribution in [0.15, 0.2) is 48.5 Å². The van der Waals surface area contributed by atoms with Gasteiger partial charge in [0.1, 0.15) is 0 Å². The van der Waals surface area contributed by atoms with Crippen LogP contribution >= 0.6 is 0 Å². The summed E-state index contributed by atoms with van der Waals surface area (Å²) in [4.78, 5) is 7.31. The molecular weight excluding hydrogens is 306 g/mol. The Bertz CT molecular complexity index is 785. The van der Waals surface area contributed by atoms with Gasteiger partial charge in [0.05, 0.1) is 6.04 Å². The number of hydrogen-bond acceptors (Lipinski definition) is 3. The molecule has 3 nitrogen and oxygen atoms in total. The molecule has 0 N–H and O–H groups in total. The Morgan fingerprint density at radius 2 is 1.48 bits per heavy atom. The summed E-state index contributed by atoms with van der Waals surface area (Å²) in [5.74, 6) is 0. The summed E-state index contributed by atoms with van der Waals surface area (Å²) in [5, 5.41) is 0. The second-order valence-corrected chi connectivity index (χ2v) is 7.40. The molecule has 1 saturated heterocycles. The van der Waals surface area contributed by atoms with Gasteiger partial charge >= 0.3 is 0 Å². The molecule has 3 heteroatoms. The van der Waals surface area contributed by atoms with Gasteiger partial charge in [-0.2, -0.15) is 0 Å². The fourth-order valence-corrected chi connectivity index (χ4v) is 4.12. The van der Waals surface area contributed by atoms with Crippen molar-refractivity contribution < 1.29 is 0 Å². The van der Waals surface area contributed by atoms with Crippen LogP contribution in [-0.2, 0) is 0 Å². The zero-order valence-electron chi connectivity index (χ0n) is 15.4. The average Bonchev–Trinajstić information content (AvgIpc) is 2.77. The number of rotatable bonds is 2.